The third-order valence-electron chi connectivity index (χ3n) is 3.69. The van der Waals surface area contributed by atoms with Gasteiger partial charge in [-0.2, -0.15) is 0 Å². The predicted octanol–water partition coefficient (Wildman–Crippen LogP) is 2.78. The highest BCUT2D eigenvalue weighted by Gasteiger charge is 2.44. The van der Waals surface area contributed by atoms with Crippen LogP contribution in [0.3, 0.4) is 0 Å². The maximum absolute atomic E-state index is 13.0. The van der Waals surface area contributed by atoms with Gasteiger partial charge in [-0.25, -0.2) is 0 Å². The van der Waals surface area contributed by atoms with Crippen LogP contribution >= 0.6 is 23.1 Å². The molecule has 1 aromatic carbocycles. The van der Waals surface area contributed by atoms with Crippen LogP contribution in [0.15, 0.2) is 34.1 Å². The fourth-order valence-corrected chi connectivity index (χ4v) is 4.11. The van der Waals surface area contributed by atoms with Crippen molar-refractivity contribution in [3.05, 3.63) is 29.8 Å². The summed E-state index contributed by atoms with van der Waals surface area (Å²) in [4.78, 5) is 27.0. The molecule has 120 valence electrons. The van der Waals surface area contributed by atoms with Crippen molar-refractivity contribution in [2.45, 2.75) is 35.9 Å². The zero-order valence-corrected chi connectivity index (χ0v) is 14.6. The van der Waals surface area contributed by atoms with Crippen molar-refractivity contribution >= 4 is 46.3 Å². The van der Waals surface area contributed by atoms with Gasteiger partial charge in [0.2, 0.25) is 11.8 Å². The van der Waals surface area contributed by atoms with Gasteiger partial charge in [0.1, 0.15) is 11.0 Å². The van der Waals surface area contributed by atoms with Crippen molar-refractivity contribution in [3.8, 4) is 0 Å². The summed E-state index contributed by atoms with van der Waals surface area (Å²) in [5.74, 6) is -0.324. The van der Waals surface area contributed by atoms with Gasteiger partial charge >= 0.3 is 0 Å². The van der Waals surface area contributed by atoms with Crippen molar-refractivity contribution in [1.82, 2.24) is 10.2 Å². The number of para-hydroxylation sites is 2. The lowest BCUT2D eigenvalue weighted by molar-refractivity contribution is -0.126. The molecule has 1 aromatic heterocycles. The van der Waals surface area contributed by atoms with Crippen molar-refractivity contribution in [1.29, 1.82) is 0 Å². The maximum Gasteiger partial charge on any atom is 0.250 e. The first kappa shape index (κ1) is 15.9. The number of hydrogen-bond acceptors (Lipinski definition) is 6. The van der Waals surface area contributed by atoms with Crippen LogP contribution < -0.4 is 10.2 Å². The summed E-state index contributed by atoms with van der Waals surface area (Å²) in [5.41, 5.74) is 2.04. The van der Waals surface area contributed by atoms with E-state index in [1.807, 2.05) is 25.1 Å². The molecule has 0 saturated heterocycles. The number of nitrogens with one attached hydrogen (secondary N) is 1. The smallest absolute Gasteiger partial charge is 0.250 e. The van der Waals surface area contributed by atoms with E-state index in [1.54, 1.807) is 30.3 Å². The molecule has 0 spiro atoms. The van der Waals surface area contributed by atoms with Gasteiger partial charge < -0.3 is 5.32 Å². The van der Waals surface area contributed by atoms with E-state index in [0.29, 0.717) is 11.4 Å². The Morgan fingerprint density at radius 3 is 2.83 bits per heavy atom. The lowest BCUT2D eigenvalue weighted by Gasteiger charge is -2.42. The highest BCUT2D eigenvalue weighted by molar-refractivity contribution is 8.02. The molecular weight excluding hydrogens is 332 g/mol. The van der Waals surface area contributed by atoms with Gasteiger partial charge in [-0.1, -0.05) is 35.2 Å². The summed E-state index contributed by atoms with van der Waals surface area (Å²) in [6.45, 7) is 5.32. The Morgan fingerprint density at radius 2 is 2.13 bits per heavy atom. The van der Waals surface area contributed by atoms with Crippen LogP contribution in [0.25, 0.3) is 0 Å². The van der Waals surface area contributed by atoms with Crippen LogP contribution in [0, 0.1) is 0 Å². The van der Waals surface area contributed by atoms with Crippen molar-refractivity contribution in [2.24, 2.45) is 0 Å². The van der Waals surface area contributed by atoms with Gasteiger partial charge in [-0.05, 0) is 32.9 Å². The Labute approximate surface area is 142 Å². The quantitative estimate of drug-likeness (QED) is 0.863. The number of fused-ring (bicyclic) bond motifs is 1. The minimum absolute atomic E-state index is 0.127. The second-order valence-corrected chi connectivity index (χ2v) is 8.09. The summed E-state index contributed by atoms with van der Waals surface area (Å²) in [5, 5.41) is 10.2. The minimum Gasteiger partial charge on any atom is -0.322 e. The van der Waals surface area contributed by atoms with Crippen LogP contribution in [-0.2, 0) is 9.59 Å². The molecule has 0 radical (unpaired) electrons. The van der Waals surface area contributed by atoms with Crippen molar-refractivity contribution < 1.29 is 9.59 Å². The number of hydrogen-bond donors (Lipinski definition) is 1. The number of carbonyl (C=O) groups is 2. The molecule has 23 heavy (non-hydrogen) atoms. The Bertz CT molecular complexity index is 746. The standard InChI is InChI=1S/C15H16N4O2S2/c1-9(23-14-18-16-8-22-14)12(20)19-11-7-5-4-6-10(11)17-13(21)15(19,2)3/h4-9H,1-3H3,(H,17,21). The average Bonchev–Trinajstić information content (AvgIpc) is 3.00. The summed E-state index contributed by atoms with van der Waals surface area (Å²) >= 11 is 2.74. The normalized spacial score (nSPS) is 17.3. The van der Waals surface area contributed by atoms with E-state index in [2.05, 4.69) is 15.5 Å². The van der Waals surface area contributed by atoms with Gasteiger partial charge in [0.05, 0.1) is 16.6 Å². The third-order valence-corrected chi connectivity index (χ3v) is 5.59. The Kier molecular flexibility index (Phi) is 4.11. The predicted molar refractivity (Wildman–Crippen MR) is 91.9 cm³/mol. The minimum atomic E-state index is -0.957. The SMILES string of the molecule is CC(Sc1nncs1)C(=O)N1c2ccccc2NC(=O)C1(C)C. The third kappa shape index (κ3) is 2.84. The maximum atomic E-state index is 13.0. The van der Waals surface area contributed by atoms with Gasteiger partial charge in [0, 0.05) is 0 Å². The number of nitrogens with zero attached hydrogens (tertiary/aromatic N) is 3. The molecule has 2 heterocycles. The summed E-state index contributed by atoms with van der Waals surface area (Å²) in [7, 11) is 0. The summed E-state index contributed by atoms with van der Waals surface area (Å²) in [6.07, 6.45) is 0. The number of benzene rings is 1. The lowest BCUT2D eigenvalue weighted by Crippen LogP contribution is -2.60. The Balaban J connectivity index is 1.95. The molecule has 1 N–H and O–H groups in total. The molecule has 2 aromatic rings. The molecule has 1 unspecified atom stereocenters. The van der Waals surface area contributed by atoms with Crippen LogP contribution in [0.5, 0.6) is 0 Å². The average molecular weight is 348 g/mol. The summed E-state index contributed by atoms with van der Waals surface area (Å²) in [6, 6.07) is 7.33. The van der Waals surface area contributed by atoms with E-state index in [-0.39, 0.29) is 17.1 Å². The highest BCUT2D eigenvalue weighted by Crippen LogP contribution is 2.38. The molecule has 1 atom stereocenters. The van der Waals surface area contributed by atoms with Crippen molar-refractivity contribution in [2.75, 3.05) is 10.2 Å². The number of aromatic nitrogens is 2. The van der Waals surface area contributed by atoms with Gasteiger partial charge in [-0.15, -0.1) is 10.2 Å². The van der Waals surface area contributed by atoms with Gasteiger partial charge in [-0.3, -0.25) is 14.5 Å². The molecule has 8 heteroatoms. The van der Waals surface area contributed by atoms with E-state index in [0.717, 1.165) is 4.34 Å². The molecule has 0 fully saturated rings. The van der Waals surface area contributed by atoms with E-state index < -0.39 is 5.54 Å². The largest absolute Gasteiger partial charge is 0.322 e. The van der Waals surface area contributed by atoms with Gasteiger partial charge in [0.25, 0.3) is 0 Å². The van der Waals surface area contributed by atoms with E-state index >= 15 is 0 Å². The van der Waals surface area contributed by atoms with Crippen molar-refractivity contribution in [3.63, 3.8) is 0 Å². The monoisotopic (exact) mass is 348 g/mol. The molecule has 0 saturated carbocycles. The first-order valence-electron chi connectivity index (χ1n) is 7.08. The van der Waals surface area contributed by atoms with Gasteiger partial charge in [0.15, 0.2) is 4.34 Å². The number of rotatable bonds is 3. The van der Waals surface area contributed by atoms with E-state index in [4.69, 9.17) is 0 Å². The molecule has 3 rings (SSSR count). The van der Waals surface area contributed by atoms with Crippen LogP contribution in [-0.4, -0.2) is 32.8 Å². The summed E-state index contributed by atoms with van der Waals surface area (Å²) < 4.78 is 0.735. The van der Waals surface area contributed by atoms with E-state index in [9.17, 15) is 9.59 Å². The molecule has 0 aliphatic carbocycles. The fourth-order valence-electron chi connectivity index (χ4n) is 2.44. The molecule has 1 aliphatic heterocycles. The molecule has 2 amide bonds. The Hall–Kier alpha value is -1.93. The van der Waals surface area contributed by atoms with Crippen LogP contribution in [0.2, 0.25) is 0 Å². The number of carbonyl (C=O) groups excluding carboxylic acids is 2. The zero-order valence-electron chi connectivity index (χ0n) is 12.9. The Morgan fingerprint density at radius 1 is 1.39 bits per heavy atom. The number of amides is 2. The van der Waals surface area contributed by atoms with E-state index in [1.165, 1.54) is 23.1 Å². The highest BCUT2D eigenvalue weighted by atomic mass is 32.2. The second kappa shape index (κ2) is 5.93. The zero-order chi connectivity index (χ0) is 16.6. The lowest BCUT2D eigenvalue weighted by atomic mass is 9.96. The number of thioether (sulfide) groups is 1. The molecule has 1 aliphatic rings. The second-order valence-electron chi connectivity index (χ2n) is 5.67. The van der Waals surface area contributed by atoms with Crippen LogP contribution in [0.1, 0.15) is 20.8 Å². The first-order chi connectivity index (χ1) is 10.9. The molecule has 0 bridgehead atoms. The first-order valence-corrected chi connectivity index (χ1v) is 8.84. The number of anilines is 2. The fraction of sp³-hybridized carbons (Fsp3) is 0.333. The topological polar surface area (TPSA) is 75.2 Å². The molecular formula is C15H16N4O2S2. The van der Waals surface area contributed by atoms with Crippen LogP contribution in [0.4, 0.5) is 11.4 Å². The molecule has 6 nitrogen and oxygen atoms in total.